The van der Waals surface area contributed by atoms with Crippen molar-refractivity contribution in [1.82, 2.24) is 4.90 Å². The van der Waals surface area contributed by atoms with Crippen molar-refractivity contribution in [3.63, 3.8) is 0 Å². The zero-order valence-corrected chi connectivity index (χ0v) is 10.4. The molecule has 0 spiro atoms. The van der Waals surface area contributed by atoms with Crippen LogP contribution in [0, 0.1) is 0 Å². The predicted octanol–water partition coefficient (Wildman–Crippen LogP) is 1.91. The summed E-state index contributed by atoms with van der Waals surface area (Å²) >= 11 is 0. The predicted molar refractivity (Wildman–Crippen MR) is 66.7 cm³/mol. The number of hydrogen-bond donors (Lipinski definition) is 0. The van der Waals surface area contributed by atoms with E-state index in [4.69, 9.17) is 4.74 Å². The molecule has 1 amide bonds. The molecule has 2 atom stereocenters. The van der Waals surface area contributed by atoms with Gasteiger partial charge in [0.1, 0.15) is 12.1 Å². The molecular weight excluding hydrogens is 230 g/mol. The Hall–Kier alpha value is -1.84. The number of nitrogens with zero attached hydrogens (tertiary/aromatic N) is 1. The van der Waals surface area contributed by atoms with Gasteiger partial charge in [-0.1, -0.05) is 30.3 Å². The molecule has 0 saturated carbocycles. The highest BCUT2D eigenvalue weighted by atomic mass is 16.5. The van der Waals surface area contributed by atoms with Gasteiger partial charge >= 0.3 is 5.97 Å². The normalized spacial score (nSPS) is 20.5. The van der Waals surface area contributed by atoms with Crippen LogP contribution >= 0.6 is 0 Å². The number of amides is 1. The molecule has 1 aliphatic heterocycles. The number of rotatable bonds is 4. The summed E-state index contributed by atoms with van der Waals surface area (Å²) in [5.41, 5.74) is 0.960. The van der Waals surface area contributed by atoms with Gasteiger partial charge in [0.25, 0.3) is 0 Å². The van der Waals surface area contributed by atoms with E-state index in [1.807, 2.05) is 37.3 Å². The van der Waals surface area contributed by atoms with Crippen LogP contribution in [0.5, 0.6) is 0 Å². The Bertz CT molecular complexity index is 418. The van der Waals surface area contributed by atoms with E-state index in [-0.39, 0.29) is 12.1 Å². The van der Waals surface area contributed by atoms with E-state index in [0.29, 0.717) is 13.0 Å². The lowest BCUT2D eigenvalue weighted by Gasteiger charge is -2.21. The second kappa shape index (κ2) is 5.67. The molecule has 1 aromatic rings. The molecule has 4 heteroatoms. The number of hydrogen-bond acceptors (Lipinski definition) is 3. The van der Waals surface area contributed by atoms with Crippen LogP contribution in [0.3, 0.4) is 0 Å². The number of benzene rings is 1. The third-order valence-electron chi connectivity index (χ3n) is 3.26. The van der Waals surface area contributed by atoms with Crippen LogP contribution < -0.4 is 0 Å². The lowest BCUT2D eigenvalue weighted by molar-refractivity contribution is -0.155. The summed E-state index contributed by atoms with van der Waals surface area (Å²) in [6.45, 7) is 2.48. The van der Waals surface area contributed by atoms with Crippen molar-refractivity contribution in [2.45, 2.75) is 31.9 Å². The van der Waals surface area contributed by atoms with E-state index in [9.17, 15) is 9.59 Å². The molecule has 1 heterocycles. The summed E-state index contributed by atoms with van der Waals surface area (Å²) in [5, 5.41) is 0. The number of esters is 1. The van der Waals surface area contributed by atoms with Gasteiger partial charge in [-0.05, 0) is 25.3 Å². The Morgan fingerprint density at radius 3 is 2.83 bits per heavy atom. The third-order valence-corrected chi connectivity index (χ3v) is 3.26. The molecule has 1 aromatic carbocycles. The van der Waals surface area contributed by atoms with E-state index in [0.717, 1.165) is 18.4 Å². The largest absolute Gasteiger partial charge is 0.456 e. The molecule has 0 radical (unpaired) electrons. The van der Waals surface area contributed by atoms with Gasteiger partial charge < -0.3 is 9.64 Å². The van der Waals surface area contributed by atoms with Crippen LogP contribution in [0.4, 0.5) is 0 Å². The number of carbonyl (C=O) groups is 2. The fourth-order valence-electron chi connectivity index (χ4n) is 2.21. The van der Waals surface area contributed by atoms with Crippen LogP contribution in [0.15, 0.2) is 30.3 Å². The highest BCUT2D eigenvalue weighted by molar-refractivity contribution is 5.79. The first kappa shape index (κ1) is 12.6. The number of likely N-dealkylation sites (tertiary alicyclic amines) is 1. The minimum absolute atomic E-state index is 0.284. The van der Waals surface area contributed by atoms with E-state index < -0.39 is 6.04 Å². The molecule has 2 rings (SSSR count). The Labute approximate surface area is 107 Å². The lowest BCUT2D eigenvalue weighted by atomic mass is 10.1. The maximum Gasteiger partial charge on any atom is 0.329 e. The Kier molecular flexibility index (Phi) is 3.97. The van der Waals surface area contributed by atoms with Gasteiger partial charge in [0, 0.05) is 6.54 Å². The van der Waals surface area contributed by atoms with E-state index in [1.54, 1.807) is 0 Å². The van der Waals surface area contributed by atoms with E-state index in [1.165, 1.54) is 4.90 Å². The average molecular weight is 247 g/mol. The Morgan fingerprint density at radius 2 is 2.17 bits per heavy atom. The van der Waals surface area contributed by atoms with Crippen molar-refractivity contribution >= 4 is 12.4 Å². The van der Waals surface area contributed by atoms with Crippen molar-refractivity contribution in [3.05, 3.63) is 35.9 Å². The third kappa shape index (κ3) is 2.70. The molecule has 1 aliphatic rings. The molecule has 1 fully saturated rings. The molecular formula is C14H17NO3. The van der Waals surface area contributed by atoms with Crippen LogP contribution in [0.2, 0.25) is 0 Å². The molecule has 0 N–H and O–H groups in total. The van der Waals surface area contributed by atoms with Gasteiger partial charge in [0.05, 0.1) is 0 Å². The minimum Gasteiger partial charge on any atom is -0.456 e. The van der Waals surface area contributed by atoms with Crippen molar-refractivity contribution in [2.75, 3.05) is 6.54 Å². The van der Waals surface area contributed by atoms with Crippen LogP contribution in [0.1, 0.15) is 31.4 Å². The van der Waals surface area contributed by atoms with Crippen molar-refractivity contribution in [3.8, 4) is 0 Å². The summed E-state index contributed by atoms with van der Waals surface area (Å²) in [6.07, 6.45) is 2.00. The molecule has 2 unspecified atom stereocenters. The van der Waals surface area contributed by atoms with Crippen LogP contribution in [-0.2, 0) is 14.3 Å². The first-order chi connectivity index (χ1) is 8.72. The molecule has 1 saturated heterocycles. The topological polar surface area (TPSA) is 46.6 Å². The average Bonchev–Trinajstić information content (AvgIpc) is 2.88. The highest BCUT2D eigenvalue weighted by Gasteiger charge is 2.31. The Morgan fingerprint density at radius 1 is 1.44 bits per heavy atom. The van der Waals surface area contributed by atoms with Gasteiger partial charge in [0.2, 0.25) is 6.41 Å². The first-order valence-corrected chi connectivity index (χ1v) is 6.19. The van der Waals surface area contributed by atoms with Gasteiger partial charge in [-0.25, -0.2) is 4.79 Å². The quantitative estimate of drug-likeness (QED) is 0.603. The highest BCUT2D eigenvalue weighted by Crippen LogP contribution is 2.21. The fraction of sp³-hybridized carbons (Fsp3) is 0.429. The number of carbonyl (C=O) groups excluding carboxylic acids is 2. The fourth-order valence-corrected chi connectivity index (χ4v) is 2.21. The summed E-state index contributed by atoms with van der Waals surface area (Å²) in [7, 11) is 0. The maximum absolute atomic E-state index is 12.0. The molecule has 96 valence electrons. The summed E-state index contributed by atoms with van der Waals surface area (Å²) in [6, 6.07) is 9.17. The lowest BCUT2D eigenvalue weighted by Crippen LogP contribution is -2.36. The van der Waals surface area contributed by atoms with Gasteiger partial charge in [0.15, 0.2) is 0 Å². The van der Waals surface area contributed by atoms with Crippen molar-refractivity contribution < 1.29 is 14.3 Å². The summed E-state index contributed by atoms with van der Waals surface area (Å²) in [4.78, 5) is 24.3. The SMILES string of the molecule is CC(OC(=O)C1CCCN1C=O)c1ccccc1. The maximum atomic E-state index is 12.0. The molecule has 0 aromatic heterocycles. The summed E-state index contributed by atoms with van der Waals surface area (Å²) in [5.74, 6) is -0.309. The van der Waals surface area contributed by atoms with Crippen LogP contribution in [0.25, 0.3) is 0 Å². The number of ether oxygens (including phenoxy) is 1. The smallest absolute Gasteiger partial charge is 0.329 e. The minimum atomic E-state index is -0.409. The molecule has 18 heavy (non-hydrogen) atoms. The van der Waals surface area contributed by atoms with E-state index >= 15 is 0 Å². The molecule has 4 nitrogen and oxygen atoms in total. The monoisotopic (exact) mass is 247 g/mol. The second-order valence-corrected chi connectivity index (χ2v) is 4.49. The first-order valence-electron chi connectivity index (χ1n) is 6.19. The Balaban J connectivity index is 1.97. The van der Waals surface area contributed by atoms with Gasteiger partial charge in [-0.2, -0.15) is 0 Å². The van der Waals surface area contributed by atoms with Gasteiger partial charge in [-0.15, -0.1) is 0 Å². The summed E-state index contributed by atoms with van der Waals surface area (Å²) < 4.78 is 5.41. The van der Waals surface area contributed by atoms with Crippen molar-refractivity contribution in [1.29, 1.82) is 0 Å². The molecule has 0 aliphatic carbocycles. The molecule has 0 bridgehead atoms. The van der Waals surface area contributed by atoms with Gasteiger partial charge in [-0.3, -0.25) is 4.79 Å². The van der Waals surface area contributed by atoms with E-state index in [2.05, 4.69) is 0 Å². The standard InChI is InChI=1S/C14H17NO3/c1-11(12-6-3-2-4-7-12)18-14(17)13-8-5-9-15(13)10-16/h2-4,6-7,10-11,13H,5,8-9H2,1H3. The van der Waals surface area contributed by atoms with Crippen molar-refractivity contribution in [2.24, 2.45) is 0 Å². The zero-order valence-electron chi connectivity index (χ0n) is 10.4. The second-order valence-electron chi connectivity index (χ2n) is 4.49. The zero-order chi connectivity index (χ0) is 13.0. The van der Waals surface area contributed by atoms with Crippen LogP contribution in [-0.4, -0.2) is 29.9 Å².